The summed E-state index contributed by atoms with van der Waals surface area (Å²) in [5.74, 6) is 0.332. The molecule has 0 fully saturated rings. The molecule has 0 saturated heterocycles. The van der Waals surface area contributed by atoms with Crippen molar-refractivity contribution in [2.24, 2.45) is 0 Å². The minimum absolute atomic E-state index is 0.332. The van der Waals surface area contributed by atoms with Gasteiger partial charge in [0.25, 0.3) is 0 Å². The lowest BCUT2D eigenvalue weighted by atomic mass is 10.2. The van der Waals surface area contributed by atoms with Gasteiger partial charge < -0.3 is 20.1 Å². The van der Waals surface area contributed by atoms with Gasteiger partial charge in [0.05, 0.1) is 13.2 Å². The van der Waals surface area contributed by atoms with Crippen molar-refractivity contribution in [3.63, 3.8) is 0 Å². The molecule has 0 aliphatic carbocycles. The SMILES string of the molecule is CNC(=O)Nc1cccc(OC(=O)N(CCOC)c2cccc(C)c2)c1. The van der Waals surface area contributed by atoms with Crippen molar-refractivity contribution in [2.45, 2.75) is 6.92 Å². The van der Waals surface area contributed by atoms with Gasteiger partial charge in [0.1, 0.15) is 5.75 Å². The van der Waals surface area contributed by atoms with Gasteiger partial charge in [-0.05, 0) is 36.8 Å². The Bertz CT molecular complexity index is 764. The first-order valence-electron chi connectivity index (χ1n) is 8.17. The van der Waals surface area contributed by atoms with E-state index in [-0.39, 0.29) is 6.03 Å². The predicted molar refractivity (Wildman–Crippen MR) is 101 cm³/mol. The second-order valence-electron chi connectivity index (χ2n) is 5.58. The van der Waals surface area contributed by atoms with Crippen molar-refractivity contribution in [1.29, 1.82) is 0 Å². The molecule has 0 atom stereocenters. The van der Waals surface area contributed by atoms with Crippen LogP contribution in [0.5, 0.6) is 5.75 Å². The van der Waals surface area contributed by atoms with Crippen LogP contribution in [-0.2, 0) is 4.74 Å². The zero-order valence-corrected chi connectivity index (χ0v) is 15.1. The van der Waals surface area contributed by atoms with Crippen LogP contribution < -0.4 is 20.3 Å². The lowest BCUT2D eigenvalue weighted by Crippen LogP contribution is -2.36. The fourth-order valence-electron chi connectivity index (χ4n) is 2.29. The lowest BCUT2D eigenvalue weighted by Gasteiger charge is -2.22. The van der Waals surface area contributed by atoms with Crippen molar-refractivity contribution < 1.29 is 19.1 Å². The molecule has 26 heavy (non-hydrogen) atoms. The van der Waals surface area contributed by atoms with Crippen LogP contribution in [0.15, 0.2) is 48.5 Å². The summed E-state index contributed by atoms with van der Waals surface area (Å²) >= 11 is 0. The molecule has 2 aromatic carbocycles. The largest absolute Gasteiger partial charge is 0.419 e. The van der Waals surface area contributed by atoms with Gasteiger partial charge in [-0.15, -0.1) is 0 Å². The van der Waals surface area contributed by atoms with E-state index < -0.39 is 6.09 Å². The minimum atomic E-state index is -0.523. The molecule has 0 saturated carbocycles. The van der Waals surface area contributed by atoms with Gasteiger partial charge in [0.15, 0.2) is 0 Å². The number of hydrogen-bond donors (Lipinski definition) is 2. The molecular formula is C19H23N3O4. The molecule has 0 aliphatic rings. The molecule has 138 valence electrons. The summed E-state index contributed by atoms with van der Waals surface area (Å²) < 4.78 is 10.6. The molecule has 2 aromatic rings. The highest BCUT2D eigenvalue weighted by Crippen LogP contribution is 2.21. The molecule has 0 bridgehead atoms. The number of carbonyl (C=O) groups excluding carboxylic acids is 2. The lowest BCUT2D eigenvalue weighted by molar-refractivity contribution is 0.189. The summed E-state index contributed by atoms with van der Waals surface area (Å²) in [5, 5.41) is 5.09. The number of nitrogens with one attached hydrogen (secondary N) is 2. The van der Waals surface area contributed by atoms with Crippen LogP contribution in [0.4, 0.5) is 21.0 Å². The van der Waals surface area contributed by atoms with Gasteiger partial charge in [-0.1, -0.05) is 18.2 Å². The number of benzene rings is 2. The van der Waals surface area contributed by atoms with Gasteiger partial charge in [0.2, 0.25) is 0 Å². The van der Waals surface area contributed by atoms with E-state index in [1.54, 1.807) is 31.4 Å². The maximum absolute atomic E-state index is 12.7. The van der Waals surface area contributed by atoms with E-state index in [0.717, 1.165) is 11.3 Å². The highest BCUT2D eigenvalue weighted by molar-refractivity contribution is 5.91. The van der Waals surface area contributed by atoms with Crippen LogP contribution in [0, 0.1) is 6.92 Å². The Labute approximate surface area is 152 Å². The number of nitrogens with zero attached hydrogens (tertiary/aromatic N) is 1. The number of methoxy groups -OCH3 is 1. The number of hydrogen-bond acceptors (Lipinski definition) is 4. The summed E-state index contributed by atoms with van der Waals surface area (Å²) in [6.45, 7) is 2.69. The van der Waals surface area contributed by atoms with E-state index in [9.17, 15) is 9.59 Å². The third-order valence-corrected chi connectivity index (χ3v) is 3.58. The van der Waals surface area contributed by atoms with Crippen molar-refractivity contribution in [2.75, 3.05) is 37.5 Å². The van der Waals surface area contributed by atoms with Crippen molar-refractivity contribution in [3.05, 3.63) is 54.1 Å². The van der Waals surface area contributed by atoms with Crippen LogP contribution in [0.1, 0.15) is 5.56 Å². The molecule has 3 amide bonds. The quantitative estimate of drug-likeness (QED) is 0.830. The van der Waals surface area contributed by atoms with Gasteiger partial charge in [-0.3, -0.25) is 4.90 Å². The monoisotopic (exact) mass is 357 g/mol. The summed E-state index contributed by atoms with van der Waals surface area (Å²) in [5.41, 5.74) is 2.29. The molecular weight excluding hydrogens is 334 g/mol. The number of rotatable bonds is 6. The number of amides is 3. The normalized spacial score (nSPS) is 10.1. The molecule has 0 heterocycles. The smallest absolute Gasteiger partial charge is 0.410 e. The van der Waals surface area contributed by atoms with Crippen LogP contribution in [0.2, 0.25) is 0 Å². The molecule has 0 radical (unpaired) electrons. The second kappa shape index (κ2) is 9.43. The van der Waals surface area contributed by atoms with E-state index in [1.807, 2.05) is 31.2 Å². The van der Waals surface area contributed by atoms with Crippen LogP contribution in [0.25, 0.3) is 0 Å². The average molecular weight is 357 g/mol. The van der Waals surface area contributed by atoms with Crippen molar-refractivity contribution >= 4 is 23.5 Å². The molecule has 0 aromatic heterocycles. The van der Waals surface area contributed by atoms with E-state index in [1.165, 1.54) is 11.9 Å². The second-order valence-corrected chi connectivity index (χ2v) is 5.58. The fraction of sp³-hybridized carbons (Fsp3) is 0.263. The van der Waals surface area contributed by atoms with Crippen molar-refractivity contribution in [3.8, 4) is 5.75 Å². The third-order valence-electron chi connectivity index (χ3n) is 3.58. The zero-order chi connectivity index (χ0) is 18.9. The fourth-order valence-corrected chi connectivity index (χ4v) is 2.29. The highest BCUT2D eigenvalue weighted by Gasteiger charge is 2.18. The number of anilines is 2. The molecule has 0 unspecified atom stereocenters. The number of urea groups is 1. The third kappa shape index (κ3) is 5.49. The average Bonchev–Trinajstić information content (AvgIpc) is 2.62. The summed E-state index contributed by atoms with van der Waals surface area (Å²) in [6.07, 6.45) is -0.523. The van der Waals surface area contributed by atoms with Gasteiger partial charge in [0, 0.05) is 31.6 Å². The minimum Gasteiger partial charge on any atom is -0.410 e. The number of carbonyl (C=O) groups is 2. The summed E-state index contributed by atoms with van der Waals surface area (Å²) in [7, 11) is 3.10. The van der Waals surface area contributed by atoms with E-state index in [0.29, 0.717) is 24.6 Å². The first kappa shape index (κ1) is 19.3. The maximum atomic E-state index is 12.7. The standard InChI is InChI=1S/C19H23N3O4/c1-14-6-4-8-16(12-14)22(10-11-25-3)19(24)26-17-9-5-7-15(13-17)21-18(23)20-2/h4-9,12-13H,10-11H2,1-3H3,(H2,20,21,23). The van der Waals surface area contributed by atoms with E-state index in [2.05, 4.69) is 10.6 Å². The van der Waals surface area contributed by atoms with Gasteiger partial charge in [-0.25, -0.2) is 9.59 Å². The topological polar surface area (TPSA) is 79.9 Å². The first-order valence-corrected chi connectivity index (χ1v) is 8.17. The molecule has 2 N–H and O–H groups in total. The maximum Gasteiger partial charge on any atom is 0.419 e. The Balaban J connectivity index is 2.16. The Kier molecular flexibility index (Phi) is 6.99. The Morgan fingerprint density at radius 2 is 1.88 bits per heavy atom. The molecule has 7 nitrogen and oxygen atoms in total. The van der Waals surface area contributed by atoms with Crippen LogP contribution in [-0.4, -0.2) is 39.4 Å². The highest BCUT2D eigenvalue weighted by atomic mass is 16.6. The zero-order valence-electron chi connectivity index (χ0n) is 15.1. The van der Waals surface area contributed by atoms with E-state index in [4.69, 9.17) is 9.47 Å². The molecule has 7 heteroatoms. The Hall–Kier alpha value is -3.06. The number of aryl methyl sites for hydroxylation is 1. The molecule has 0 aliphatic heterocycles. The summed E-state index contributed by atoms with van der Waals surface area (Å²) in [4.78, 5) is 25.6. The number of ether oxygens (including phenoxy) is 2. The first-order chi connectivity index (χ1) is 12.5. The summed E-state index contributed by atoms with van der Waals surface area (Å²) in [6, 6.07) is 13.9. The molecule has 0 spiro atoms. The van der Waals surface area contributed by atoms with Gasteiger partial charge in [-0.2, -0.15) is 0 Å². The van der Waals surface area contributed by atoms with Crippen LogP contribution >= 0.6 is 0 Å². The Morgan fingerprint density at radius 1 is 1.12 bits per heavy atom. The predicted octanol–water partition coefficient (Wildman–Crippen LogP) is 3.40. The van der Waals surface area contributed by atoms with Crippen molar-refractivity contribution in [1.82, 2.24) is 5.32 Å². The Morgan fingerprint density at radius 3 is 2.58 bits per heavy atom. The molecule has 2 rings (SSSR count). The van der Waals surface area contributed by atoms with E-state index >= 15 is 0 Å². The van der Waals surface area contributed by atoms with Gasteiger partial charge >= 0.3 is 12.1 Å². The van der Waals surface area contributed by atoms with Crippen LogP contribution in [0.3, 0.4) is 0 Å².